The Hall–Kier alpha value is -1.79. The number of hydrogen-bond acceptors (Lipinski definition) is 27. The zero-order valence-corrected chi connectivity index (χ0v) is 43.6. The van der Waals surface area contributed by atoms with Crippen LogP contribution in [0.5, 0.6) is 0 Å². The van der Waals surface area contributed by atoms with E-state index in [0.29, 0.717) is 57.8 Å². The lowest BCUT2D eigenvalue weighted by Gasteiger charge is -2.64. The van der Waals surface area contributed by atoms with E-state index in [0.717, 1.165) is 5.57 Å². The number of hydrogen-bond donors (Lipinski definition) is 17. The lowest BCUT2D eigenvalue weighted by molar-refractivity contribution is -0.369. The van der Waals surface area contributed by atoms with Crippen LogP contribution in [0.3, 0.4) is 0 Å². The summed E-state index contributed by atoms with van der Waals surface area (Å²) in [5.74, 6) is -2.47. The van der Waals surface area contributed by atoms with Gasteiger partial charge in [0.25, 0.3) is 0 Å². The van der Waals surface area contributed by atoms with Crippen molar-refractivity contribution in [3.8, 4) is 0 Å². The van der Waals surface area contributed by atoms with Crippen molar-refractivity contribution >= 4 is 5.97 Å². The predicted octanol–water partition coefficient (Wildman–Crippen LogP) is -6.63. The maximum Gasteiger partial charge on any atom is 0.314 e. The normalized spacial score (nSPS) is 54.5. The van der Waals surface area contributed by atoms with Gasteiger partial charge in [-0.1, -0.05) is 19.9 Å². The predicted molar refractivity (Wildman–Crippen MR) is 255 cm³/mol. The minimum Gasteiger partial charge on any atom is -0.432 e. The molecular weight excluding hydrogens is 1040 g/mol. The van der Waals surface area contributed by atoms with Crippen LogP contribution < -0.4 is 0 Å². The highest BCUT2D eigenvalue weighted by Gasteiger charge is 2.70. The Kier molecular flexibility index (Phi) is 18.2. The summed E-state index contributed by atoms with van der Waals surface area (Å²) in [6.45, 7) is 4.49. The fraction of sp³-hybridized carbons (Fsp3) is 0.941. The lowest BCUT2D eigenvalue weighted by atomic mass is 9.41. The van der Waals surface area contributed by atoms with Crippen LogP contribution in [0.4, 0.5) is 0 Å². The number of fused-ring (bicyclic) bond motifs is 3. The zero-order chi connectivity index (χ0) is 56.7. The molecule has 2 bridgehead atoms. The number of aliphatic hydroxyl groups excluding tert-OH is 17. The number of ether oxygens (including phenoxy) is 9. The molecule has 448 valence electrons. The molecule has 0 aromatic heterocycles. The van der Waals surface area contributed by atoms with Crippen molar-refractivity contribution in [2.75, 3.05) is 33.0 Å². The van der Waals surface area contributed by atoms with Crippen LogP contribution in [0.25, 0.3) is 0 Å². The molecule has 17 N–H and O–H groups in total. The molecule has 5 heterocycles. The second-order valence-electron chi connectivity index (χ2n) is 24.1. The van der Waals surface area contributed by atoms with Crippen molar-refractivity contribution < 1.29 is 134 Å². The van der Waals surface area contributed by atoms with Gasteiger partial charge in [0.15, 0.2) is 18.9 Å². The Morgan fingerprint density at radius 2 is 0.987 bits per heavy atom. The summed E-state index contributed by atoms with van der Waals surface area (Å²) >= 11 is 0. The fourth-order valence-corrected chi connectivity index (χ4v) is 15.5. The van der Waals surface area contributed by atoms with Crippen LogP contribution in [0, 0.1) is 34.0 Å². The number of rotatable bonds is 15. The van der Waals surface area contributed by atoms with E-state index in [4.69, 9.17) is 42.6 Å². The third kappa shape index (κ3) is 10.3. The third-order valence-corrected chi connectivity index (χ3v) is 19.8. The topological polar surface area (TPSA) is 444 Å². The van der Waals surface area contributed by atoms with Gasteiger partial charge in [-0.2, -0.15) is 0 Å². The summed E-state index contributed by atoms with van der Waals surface area (Å²) in [5, 5.41) is 182. The molecule has 31 atom stereocenters. The average molecular weight is 1130 g/mol. The van der Waals surface area contributed by atoms with Crippen molar-refractivity contribution in [2.45, 2.75) is 231 Å². The molecule has 4 aliphatic carbocycles. The highest BCUT2D eigenvalue weighted by atomic mass is 16.8. The van der Waals surface area contributed by atoms with Crippen LogP contribution in [0.15, 0.2) is 12.2 Å². The van der Waals surface area contributed by atoms with Crippen LogP contribution in [-0.4, -0.2) is 279 Å². The molecule has 5 aliphatic heterocycles. The first kappa shape index (κ1) is 60.8. The van der Waals surface area contributed by atoms with Gasteiger partial charge in [-0.05, 0) is 93.0 Å². The van der Waals surface area contributed by atoms with E-state index < -0.39 is 220 Å². The molecule has 0 amide bonds. The molecule has 0 radical (unpaired) electrons. The molecule has 9 aliphatic rings. The molecule has 9 rings (SSSR count). The standard InChI is InChI=1S/C51H82O27/c1-19-12-50-9-5-27-48(2,28(50)6-10-51(19,18-50)78-45-40(68)42(34(62)26(17-56)73-45)76-44-39(67)37(65)33(61)25(16-55)72-44)7-4-8-49(27,3)47(69)77-46-41(75-43-38(66)36(64)32(60)24(15-54)71-43)20(29(57)22(13-52)74-46)11-21-30(58)35(63)31(59)23(14-53)70-21/h20-46,52-68H,1,4-18H2,2-3H3/t20?,21?,22?,23?,24?,25?,26?,27?,28-,29?,30?,31?,32?,33?,34?,35?,36?,37?,38?,39?,40?,41?,42?,43?,44?,45?,46?,48+,49+,50+,51?/m0/s1. The fourth-order valence-electron chi connectivity index (χ4n) is 15.5. The van der Waals surface area contributed by atoms with E-state index in [1.165, 1.54) is 0 Å². The van der Waals surface area contributed by atoms with Crippen molar-refractivity contribution in [1.29, 1.82) is 0 Å². The van der Waals surface area contributed by atoms with Crippen LogP contribution in [-0.2, 0) is 47.4 Å². The van der Waals surface area contributed by atoms with Gasteiger partial charge in [0.1, 0.15) is 110 Å². The molecule has 5 saturated heterocycles. The molecule has 4 saturated carbocycles. The first-order valence-electron chi connectivity index (χ1n) is 27.2. The Bertz CT molecular complexity index is 2070. The molecule has 27 unspecified atom stereocenters. The highest BCUT2D eigenvalue weighted by Crippen LogP contribution is 2.74. The van der Waals surface area contributed by atoms with Gasteiger partial charge in [-0.25, -0.2) is 0 Å². The second kappa shape index (κ2) is 23.3. The number of aliphatic hydroxyl groups is 17. The van der Waals surface area contributed by atoms with Crippen molar-refractivity contribution in [3.05, 3.63) is 12.2 Å². The quantitative estimate of drug-likeness (QED) is 0.0412. The van der Waals surface area contributed by atoms with Crippen LogP contribution in [0.1, 0.15) is 78.1 Å². The van der Waals surface area contributed by atoms with Crippen molar-refractivity contribution in [1.82, 2.24) is 0 Å². The van der Waals surface area contributed by atoms with Gasteiger partial charge in [0.05, 0.1) is 56.3 Å². The van der Waals surface area contributed by atoms with Gasteiger partial charge < -0.3 is 129 Å². The summed E-state index contributed by atoms with van der Waals surface area (Å²) < 4.78 is 54.3. The Morgan fingerprint density at radius 1 is 0.513 bits per heavy atom. The van der Waals surface area contributed by atoms with Crippen molar-refractivity contribution in [2.24, 2.45) is 34.0 Å². The van der Waals surface area contributed by atoms with E-state index >= 15 is 4.79 Å². The van der Waals surface area contributed by atoms with E-state index in [-0.39, 0.29) is 11.8 Å². The minimum atomic E-state index is -1.99. The van der Waals surface area contributed by atoms with Gasteiger partial charge in [-0.3, -0.25) is 4.79 Å². The summed E-state index contributed by atoms with van der Waals surface area (Å²) in [5.41, 5.74) is -2.53. The summed E-state index contributed by atoms with van der Waals surface area (Å²) in [6, 6.07) is 0. The molecule has 9 fully saturated rings. The largest absolute Gasteiger partial charge is 0.432 e. The molecule has 27 nitrogen and oxygen atoms in total. The maximum absolute atomic E-state index is 15.2. The maximum atomic E-state index is 15.2. The first-order valence-corrected chi connectivity index (χ1v) is 27.2. The van der Waals surface area contributed by atoms with E-state index in [1.54, 1.807) is 6.92 Å². The van der Waals surface area contributed by atoms with E-state index in [1.807, 2.05) is 0 Å². The van der Waals surface area contributed by atoms with Crippen LogP contribution in [0.2, 0.25) is 0 Å². The smallest absolute Gasteiger partial charge is 0.314 e. The van der Waals surface area contributed by atoms with Crippen molar-refractivity contribution in [3.63, 3.8) is 0 Å². The Morgan fingerprint density at radius 3 is 1.56 bits per heavy atom. The first-order chi connectivity index (χ1) is 36.9. The number of carbonyl (C=O) groups is 1. The monoisotopic (exact) mass is 1130 g/mol. The summed E-state index contributed by atoms with van der Waals surface area (Å²) in [7, 11) is 0. The molecule has 27 heteroatoms. The van der Waals surface area contributed by atoms with E-state index in [9.17, 15) is 86.8 Å². The molecule has 0 aromatic rings. The Labute approximate surface area is 449 Å². The average Bonchev–Trinajstić information content (AvgIpc) is 3.88. The summed E-state index contributed by atoms with van der Waals surface area (Å²) in [4.78, 5) is 15.2. The number of carbonyl (C=O) groups excluding carboxylic acids is 1. The summed E-state index contributed by atoms with van der Waals surface area (Å²) in [6.07, 6.45) is -36.2. The van der Waals surface area contributed by atoms with Gasteiger partial charge in [0, 0.05) is 5.92 Å². The van der Waals surface area contributed by atoms with Gasteiger partial charge in [0.2, 0.25) is 6.29 Å². The molecular formula is C51H82O27. The van der Waals surface area contributed by atoms with Gasteiger partial charge >= 0.3 is 5.97 Å². The third-order valence-electron chi connectivity index (χ3n) is 19.8. The molecule has 78 heavy (non-hydrogen) atoms. The van der Waals surface area contributed by atoms with Gasteiger partial charge in [-0.15, -0.1) is 0 Å². The zero-order valence-electron chi connectivity index (χ0n) is 43.6. The molecule has 1 spiro atoms. The highest BCUT2D eigenvalue weighted by molar-refractivity contribution is 5.77. The SMILES string of the molecule is C=C1C[C@@]23CCC4[C@](C)(C(=O)OC5OC(CO)C(O)C(CC6OC(CO)C(O)C(O)C6O)C5OC5OC(CO)C(O)C(O)C5O)CCC[C@@]4(C)[C@@H]2CCC1(OC1OC(CO)C(O)C(OC2OC(CO)C(O)C(O)C2O)C1O)C3. The minimum absolute atomic E-state index is 0.0244. The number of esters is 1. The molecule has 0 aromatic carbocycles. The lowest BCUT2D eigenvalue weighted by Crippen LogP contribution is -2.66. The van der Waals surface area contributed by atoms with E-state index in [2.05, 4.69) is 13.5 Å². The van der Waals surface area contributed by atoms with Crippen LogP contribution >= 0.6 is 0 Å². The second-order valence-corrected chi connectivity index (χ2v) is 24.1. The Balaban J connectivity index is 0.949.